The van der Waals surface area contributed by atoms with Gasteiger partial charge in [0.15, 0.2) is 0 Å². The van der Waals surface area contributed by atoms with Crippen LogP contribution in [-0.4, -0.2) is 24.1 Å². The van der Waals surface area contributed by atoms with Crippen LogP contribution in [0.4, 0.5) is 5.69 Å². The molecule has 0 aromatic heterocycles. The maximum Gasteiger partial charge on any atom is 0.305 e. The van der Waals surface area contributed by atoms with Crippen LogP contribution in [0.5, 0.6) is 0 Å². The Bertz CT molecular complexity index is 534. The van der Waals surface area contributed by atoms with Crippen molar-refractivity contribution in [2.24, 2.45) is 4.99 Å². The highest BCUT2D eigenvalue weighted by atomic mass is 16.5. The van der Waals surface area contributed by atoms with Crippen LogP contribution in [0.2, 0.25) is 0 Å². The summed E-state index contributed by atoms with van der Waals surface area (Å²) in [5, 5.41) is 0. The van der Waals surface area contributed by atoms with E-state index in [1.807, 2.05) is 24.3 Å². The highest BCUT2D eigenvalue weighted by Crippen LogP contribution is 2.27. The van der Waals surface area contributed by atoms with E-state index in [9.17, 15) is 9.59 Å². The van der Waals surface area contributed by atoms with Crippen LogP contribution < -0.4 is 0 Å². The number of rotatable bonds is 7. The summed E-state index contributed by atoms with van der Waals surface area (Å²) in [5.74, 6) is -0.0910. The van der Waals surface area contributed by atoms with Gasteiger partial charge >= 0.3 is 5.97 Å². The monoisotopic (exact) mass is 273 g/mol. The Morgan fingerprint density at radius 3 is 2.80 bits per heavy atom. The number of nitrogens with zero attached hydrogens (tertiary/aromatic N) is 1. The van der Waals surface area contributed by atoms with Crippen LogP contribution >= 0.6 is 0 Å². The number of hydrogen-bond donors (Lipinski definition) is 0. The number of ketones is 1. The van der Waals surface area contributed by atoms with Crippen molar-refractivity contribution in [3.8, 4) is 0 Å². The first-order valence-corrected chi connectivity index (χ1v) is 7.00. The molecular formula is C16H19NO3. The first-order chi connectivity index (χ1) is 9.69. The molecule has 0 fully saturated rings. The number of benzene rings is 1. The predicted octanol–water partition coefficient (Wildman–Crippen LogP) is 3.01. The molecule has 0 N–H and O–H groups in total. The molecule has 0 radical (unpaired) electrons. The predicted molar refractivity (Wildman–Crippen MR) is 77.3 cm³/mol. The Kier molecular flexibility index (Phi) is 5.04. The number of fused-ring (bicyclic) bond motifs is 1. The van der Waals surface area contributed by atoms with Crippen molar-refractivity contribution in [2.45, 2.75) is 39.0 Å². The molecule has 20 heavy (non-hydrogen) atoms. The zero-order chi connectivity index (χ0) is 14.4. The third-order valence-electron chi connectivity index (χ3n) is 3.21. The number of hydrogen-bond acceptors (Lipinski definition) is 4. The van der Waals surface area contributed by atoms with E-state index in [-0.39, 0.29) is 11.8 Å². The quantitative estimate of drug-likeness (QED) is 0.717. The van der Waals surface area contributed by atoms with E-state index in [1.54, 1.807) is 6.92 Å². The van der Waals surface area contributed by atoms with E-state index in [4.69, 9.17) is 4.74 Å². The summed E-state index contributed by atoms with van der Waals surface area (Å²) < 4.78 is 4.83. The standard InChI is InChI=1S/C16H19NO3/c1-2-20-16(19)9-5-7-14(18)11-13-10-12-6-3-4-8-15(12)17-13/h3-4,6,8H,2,5,7,9-11H2,1H3. The molecule has 4 heteroatoms. The van der Waals surface area contributed by atoms with Crippen molar-refractivity contribution in [1.29, 1.82) is 0 Å². The number of Topliss-reactive ketones (excluding diaryl/α,β-unsaturated/α-hetero) is 1. The van der Waals surface area contributed by atoms with Crippen LogP contribution in [0.1, 0.15) is 38.2 Å². The van der Waals surface area contributed by atoms with Crippen LogP contribution in [0.15, 0.2) is 29.3 Å². The van der Waals surface area contributed by atoms with Gasteiger partial charge in [-0.15, -0.1) is 0 Å². The minimum Gasteiger partial charge on any atom is -0.466 e. The van der Waals surface area contributed by atoms with Gasteiger partial charge in [0.1, 0.15) is 5.78 Å². The van der Waals surface area contributed by atoms with E-state index in [1.165, 1.54) is 5.56 Å². The van der Waals surface area contributed by atoms with Crippen LogP contribution in [0.25, 0.3) is 0 Å². The fourth-order valence-corrected chi connectivity index (χ4v) is 2.28. The summed E-state index contributed by atoms with van der Waals surface area (Å²) in [6.45, 7) is 2.17. The summed E-state index contributed by atoms with van der Waals surface area (Å²) >= 11 is 0. The Balaban J connectivity index is 1.73. The number of esters is 1. The molecule has 0 saturated heterocycles. The fourth-order valence-electron chi connectivity index (χ4n) is 2.28. The minimum absolute atomic E-state index is 0.140. The minimum atomic E-state index is -0.231. The van der Waals surface area contributed by atoms with Gasteiger partial charge in [0.2, 0.25) is 0 Å². The normalized spacial score (nSPS) is 12.8. The number of ether oxygens (including phenoxy) is 1. The average molecular weight is 273 g/mol. The molecule has 0 atom stereocenters. The highest BCUT2D eigenvalue weighted by Gasteiger charge is 2.16. The van der Waals surface area contributed by atoms with Crippen molar-refractivity contribution in [2.75, 3.05) is 6.61 Å². The Hall–Kier alpha value is -1.97. The van der Waals surface area contributed by atoms with Gasteiger partial charge in [-0.05, 0) is 25.0 Å². The highest BCUT2D eigenvalue weighted by molar-refractivity contribution is 6.06. The first kappa shape index (κ1) is 14.4. The van der Waals surface area contributed by atoms with Crippen LogP contribution in [-0.2, 0) is 20.7 Å². The third kappa shape index (κ3) is 4.02. The van der Waals surface area contributed by atoms with Crippen molar-refractivity contribution in [3.63, 3.8) is 0 Å². The molecule has 1 heterocycles. The Morgan fingerprint density at radius 2 is 2.05 bits per heavy atom. The van der Waals surface area contributed by atoms with Crippen molar-refractivity contribution in [3.05, 3.63) is 29.8 Å². The molecule has 1 aromatic rings. The largest absolute Gasteiger partial charge is 0.466 e. The van der Waals surface area contributed by atoms with E-state index >= 15 is 0 Å². The molecule has 106 valence electrons. The van der Waals surface area contributed by atoms with Gasteiger partial charge in [0, 0.05) is 31.4 Å². The third-order valence-corrected chi connectivity index (χ3v) is 3.21. The van der Waals surface area contributed by atoms with Gasteiger partial charge in [-0.25, -0.2) is 0 Å². The second kappa shape index (κ2) is 6.98. The van der Waals surface area contributed by atoms with E-state index < -0.39 is 0 Å². The van der Waals surface area contributed by atoms with Crippen molar-refractivity contribution >= 4 is 23.2 Å². The smallest absolute Gasteiger partial charge is 0.305 e. The first-order valence-electron chi connectivity index (χ1n) is 7.00. The molecule has 0 saturated carbocycles. The van der Waals surface area contributed by atoms with Gasteiger partial charge in [0.05, 0.1) is 12.3 Å². The van der Waals surface area contributed by atoms with E-state index in [2.05, 4.69) is 4.99 Å². The summed E-state index contributed by atoms with van der Waals surface area (Å²) in [7, 11) is 0. The molecule has 0 bridgehead atoms. The van der Waals surface area contributed by atoms with Gasteiger partial charge in [-0.2, -0.15) is 0 Å². The molecule has 0 amide bonds. The number of para-hydroxylation sites is 1. The number of aliphatic imine (C=N–C) groups is 1. The summed E-state index contributed by atoms with van der Waals surface area (Å²) in [6.07, 6.45) is 2.43. The number of carbonyl (C=O) groups excluding carboxylic acids is 2. The molecule has 0 spiro atoms. The lowest BCUT2D eigenvalue weighted by atomic mass is 10.0. The lowest BCUT2D eigenvalue weighted by Gasteiger charge is -2.02. The zero-order valence-corrected chi connectivity index (χ0v) is 11.7. The summed E-state index contributed by atoms with van der Waals surface area (Å²) in [6, 6.07) is 7.94. The molecule has 0 aliphatic carbocycles. The maximum absolute atomic E-state index is 11.9. The molecule has 1 aromatic carbocycles. The Morgan fingerprint density at radius 1 is 1.25 bits per heavy atom. The SMILES string of the molecule is CCOC(=O)CCCC(=O)CC1=Nc2ccccc2C1. The maximum atomic E-state index is 11.9. The van der Waals surface area contributed by atoms with Gasteiger partial charge in [0.25, 0.3) is 0 Å². The van der Waals surface area contributed by atoms with E-state index in [0.29, 0.717) is 32.3 Å². The molecule has 0 unspecified atom stereocenters. The van der Waals surface area contributed by atoms with Gasteiger partial charge in [-0.1, -0.05) is 18.2 Å². The molecule has 2 rings (SSSR count). The van der Waals surface area contributed by atoms with Crippen molar-refractivity contribution in [1.82, 2.24) is 0 Å². The lowest BCUT2D eigenvalue weighted by Crippen LogP contribution is -2.09. The molecule has 4 nitrogen and oxygen atoms in total. The topological polar surface area (TPSA) is 55.7 Å². The van der Waals surface area contributed by atoms with Crippen LogP contribution in [0, 0.1) is 0 Å². The second-order valence-electron chi connectivity index (χ2n) is 4.86. The zero-order valence-electron chi connectivity index (χ0n) is 11.7. The van der Waals surface area contributed by atoms with Crippen LogP contribution in [0.3, 0.4) is 0 Å². The molecule has 1 aliphatic rings. The summed E-state index contributed by atoms with van der Waals surface area (Å²) in [5.41, 5.74) is 3.08. The average Bonchev–Trinajstić information content (AvgIpc) is 2.80. The van der Waals surface area contributed by atoms with E-state index in [0.717, 1.165) is 17.8 Å². The molecule has 1 aliphatic heterocycles. The fraction of sp³-hybridized carbons (Fsp3) is 0.438. The van der Waals surface area contributed by atoms with Gasteiger partial charge in [-0.3, -0.25) is 14.6 Å². The number of carbonyl (C=O) groups is 2. The lowest BCUT2D eigenvalue weighted by molar-refractivity contribution is -0.143. The Labute approximate surface area is 118 Å². The molecular weight excluding hydrogens is 254 g/mol. The van der Waals surface area contributed by atoms with Gasteiger partial charge < -0.3 is 4.74 Å². The second-order valence-corrected chi connectivity index (χ2v) is 4.86. The summed E-state index contributed by atoms with van der Waals surface area (Å²) in [4.78, 5) is 27.5. The van der Waals surface area contributed by atoms with Crippen molar-refractivity contribution < 1.29 is 14.3 Å².